The van der Waals surface area contributed by atoms with Gasteiger partial charge in [-0.05, 0) is 35.9 Å². The molecule has 1 heterocycles. The van der Waals surface area contributed by atoms with Crippen molar-refractivity contribution in [2.45, 2.75) is 26.2 Å². The van der Waals surface area contributed by atoms with Crippen molar-refractivity contribution >= 4 is 16.5 Å². The maximum absolute atomic E-state index is 8.80. The van der Waals surface area contributed by atoms with Gasteiger partial charge in [0.25, 0.3) is 0 Å². The molecular formula is C18H26N5O+. The number of unbranched alkanes of at least 4 members (excludes halogenated alkanes) is 1. The SMILES string of the molecule is CCCCc1cc2c(N=[N+]=[N-])cccc2c(OCC[N+](C)(C)C)n1. The highest BCUT2D eigenvalue weighted by molar-refractivity contribution is 5.95. The van der Waals surface area contributed by atoms with Crippen LogP contribution < -0.4 is 4.74 Å². The van der Waals surface area contributed by atoms with E-state index in [-0.39, 0.29) is 0 Å². The molecule has 0 radical (unpaired) electrons. The molecule has 0 amide bonds. The molecule has 0 atom stereocenters. The fourth-order valence-corrected chi connectivity index (χ4v) is 2.43. The Balaban J connectivity index is 2.42. The van der Waals surface area contributed by atoms with E-state index in [0.29, 0.717) is 18.2 Å². The molecule has 6 heteroatoms. The Bertz CT molecular complexity index is 745. The number of nitrogens with zero attached hydrogens (tertiary/aromatic N) is 5. The second-order valence-corrected chi connectivity index (χ2v) is 6.95. The van der Waals surface area contributed by atoms with Gasteiger partial charge < -0.3 is 9.22 Å². The number of azide groups is 1. The van der Waals surface area contributed by atoms with Crippen molar-refractivity contribution in [2.24, 2.45) is 5.11 Å². The summed E-state index contributed by atoms with van der Waals surface area (Å²) in [5.41, 5.74) is 10.4. The van der Waals surface area contributed by atoms with Gasteiger partial charge in [0, 0.05) is 21.7 Å². The predicted octanol–water partition coefficient (Wildman–Crippen LogP) is 4.60. The van der Waals surface area contributed by atoms with Gasteiger partial charge in [-0.3, -0.25) is 0 Å². The molecule has 0 N–H and O–H groups in total. The molecule has 0 spiro atoms. The molecule has 0 bridgehead atoms. The van der Waals surface area contributed by atoms with Gasteiger partial charge in [0.15, 0.2) is 0 Å². The molecule has 0 saturated carbocycles. The third kappa shape index (κ3) is 4.85. The second-order valence-electron chi connectivity index (χ2n) is 6.95. The van der Waals surface area contributed by atoms with Gasteiger partial charge in [-0.25, -0.2) is 4.98 Å². The monoisotopic (exact) mass is 328 g/mol. The minimum absolute atomic E-state index is 0.592. The fourth-order valence-electron chi connectivity index (χ4n) is 2.43. The van der Waals surface area contributed by atoms with Crippen molar-refractivity contribution in [3.8, 4) is 5.88 Å². The Morgan fingerprint density at radius 2 is 2.04 bits per heavy atom. The molecule has 0 fully saturated rings. The number of fused-ring (bicyclic) bond motifs is 1. The Labute approximate surface area is 143 Å². The van der Waals surface area contributed by atoms with Crippen molar-refractivity contribution in [2.75, 3.05) is 34.3 Å². The minimum atomic E-state index is 0.592. The summed E-state index contributed by atoms with van der Waals surface area (Å²) in [7, 11) is 6.39. The number of aryl methyl sites for hydroxylation is 1. The second kappa shape index (κ2) is 7.99. The summed E-state index contributed by atoms with van der Waals surface area (Å²) >= 11 is 0. The van der Waals surface area contributed by atoms with Crippen LogP contribution in [0.1, 0.15) is 25.5 Å². The maximum atomic E-state index is 8.80. The number of aromatic nitrogens is 1. The largest absolute Gasteiger partial charge is 0.471 e. The van der Waals surface area contributed by atoms with E-state index in [4.69, 9.17) is 15.3 Å². The van der Waals surface area contributed by atoms with E-state index in [9.17, 15) is 0 Å². The third-order valence-corrected chi connectivity index (χ3v) is 3.81. The van der Waals surface area contributed by atoms with Crippen LogP contribution >= 0.6 is 0 Å². The van der Waals surface area contributed by atoms with Crippen LogP contribution in [0, 0.1) is 0 Å². The van der Waals surface area contributed by atoms with E-state index in [1.54, 1.807) is 0 Å². The lowest BCUT2D eigenvalue weighted by Gasteiger charge is -2.23. The number of rotatable bonds is 8. The highest BCUT2D eigenvalue weighted by atomic mass is 16.5. The summed E-state index contributed by atoms with van der Waals surface area (Å²) in [6.45, 7) is 3.64. The number of benzene rings is 1. The highest BCUT2D eigenvalue weighted by Crippen LogP contribution is 2.32. The van der Waals surface area contributed by atoms with E-state index in [0.717, 1.165) is 46.8 Å². The van der Waals surface area contributed by atoms with Crippen molar-refractivity contribution in [3.63, 3.8) is 0 Å². The van der Waals surface area contributed by atoms with Gasteiger partial charge >= 0.3 is 0 Å². The van der Waals surface area contributed by atoms with Crippen LogP contribution in [0.5, 0.6) is 5.88 Å². The van der Waals surface area contributed by atoms with Gasteiger partial charge in [-0.15, -0.1) is 0 Å². The van der Waals surface area contributed by atoms with Gasteiger partial charge in [0.05, 0.1) is 21.1 Å². The predicted molar refractivity (Wildman–Crippen MR) is 97.6 cm³/mol. The first-order chi connectivity index (χ1) is 11.4. The zero-order valence-electron chi connectivity index (χ0n) is 15.0. The molecule has 0 saturated heterocycles. The normalized spacial score (nSPS) is 11.3. The van der Waals surface area contributed by atoms with E-state index in [2.05, 4.69) is 38.1 Å². The average molecular weight is 328 g/mol. The Morgan fingerprint density at radius 1 is 1.25 bits per heavy atom. The molecule has 0 unspecified atom stereocenters. The zero-order chi connectivity index (χ0) is 17.6. The van der Waals surface area contributed by atoms with Crippen LogP contribution in [-0.4, -0.2) is 43.8 Å². The van der Waals surface area contributed by atoms with Crippen LogP contribution in [0.2, 0.25) is 0 Å². The molecule has 1 aromatic carbocycles. The first kappa shape index (κ1) is 18.0. The molecule has 1 aromatic heterocycles. The van der Waals surface area contributed by atoms with Gasteiger partial charge in [-0.1, -0.05) is 30.6 Å². The number of pyridine rings is 1. The molecule has 0 aliphatic rings. The topological polar surface area (TPSA) is 70.9 Å². The summed E-state index contributed by atoms with van der Waals surface area (Å²) in [6.07, 6.45) is 3.07. The molecule has 2 aromatic rings. The lowest BCUT2D eigenvalue weighted by atomic mass is 10.1. The number of likely N-dealkylation sites (N-methyl/N-ethyl adjacent to an activating group) is 1. The lowest BCUT2D eigenvalue weighted by molar-refractivity contribution is -0.870. The minimum Gasteiger partial charge on any atom is -0.471 e. The molecule has 2 rings (SSSR count). The molecular weight excluding hydrogens is 302 g/mol. The smallest absolute Gasteiger partial charge is 0.221 e. The van der Waals surface area contributed by atoms with E-state index in [1.807, 2.05) is 24.3 Å². The maximum Gasteiger partial charge on any atom is 0.221 e. The van der Waals surface area contributed by atoms with Crippen LogP contribution in [0.15, 0.2) is 29.4 Å². The van der Waals surface area contributed by atoms with E-state index in [1.165, 1.54) is 0 Å². The molecule has 0 aliphatic heterocycles. The van der Waals surface area contributed by atoms with Crippen molar-refractivity contribution < 1.29 is 9.22 Å². The van der Waals surface area contributed by atoms with Gasteiger partial charge in [-0.2, -0.15) is 0 Å². The molecule has 128 valence electrons. The number of hydrogen-bond donors (Lipinski definition) is 0. The summed E-state index contributed by atoms with van der Waals surface area (Å²) in [4.78, 5) is 7.63. The van der Waals surface area contributed by atoms with E-state index < -0.39 is 0 Å². The number of quaternary nitrogens is 1. The fraction of sp³-hybridized carbons (Fsp3) is 0.500. The van der Waals surface area contributed by atoms with Gasteiger partial charge in [0.2, 0.25) is 5.88 Å². The first-order valence-corrected chi connectivity index (χ1v) is 8.35. The van der Waals surface area contributed by atoms with Crippen LogP contribution in [-0.2, 0) is 6.42 Å². The Kier molecular flexibility index (Phi) is 6.01. The van der Waals surface area contributed by atoms with Crippen LogP contribution in [0.4, 0.5) is 5.69 Å². The number of hydrogen-bond acceptors (Lipinski definition) is 3. The van der Waals surface area contributed by atoms with E-state index >= 15 is 0 Å². The number of ether oxygens (including phenoxy) is 1. The third-order valence-electron chi connectivity index (χ3n) is 3.81. The average Bonchev–Trinajstić information content (AvgIpc) is 2.52. The summed E-state index contributed by atoms with van der Waals surface area (Å²) in [5.74, 6) is 0.627. The van der Waals surface area contributed by atoms with Crippen molar-refractivity contribution in [1.82, 2.24) is 4.98 Å². The molecule has 24 heavy (non-hydrogen) atoms. The summed E-state index contributed by atoms with van der Waals surface area (Å²) < 4.78 is 6.82. The standard InChI is InChI=1S/C18H26N5O/c1-5-6-8-14-13-16-15(9-7-10-17(16)21-22-19)18(20-14)24-12-11-23(2,3)4/h7,9-10,13H,5-6,8,11-12H2,1-4H3/q+1. The summed E-state index contributed by atoms with van der Waals surface area (Å²) in [5, 5.41) is 5.60. The molecule has 6 nitrogen and oxygen atoms in total. The Hall–Kier alpha value is -2.30. The lowest BCUT2D eigenvalue weighted by Crippen LogP contribution is -2.38. The first-order valence-electron chi connectivity index (χ1n) is 8.35. The zero-order valence-corrected chi connectivity index (χ0v) is 15.0. The Morgan fingerprint density at radius 3 is 2.71 bits per heavy atom. The highest BCUT2D eigenvalue weighted by Gasteiger charge is 2.12. The van der Waals surface area contributed by atoms with Crippen LogP contribution in [0.25, 0.3) is 21.2 Å². The van der Waals surface area contributed by atoms with Crippen molar-refractivity contribution in [1.29, 1.82) is 0 Å². The quantitative estimate of drug-likeness (QED) is 0.307. The van der Waals surface area contributed by atoms with Gasteiger partial charge in [0.1, 0.15) is 13.2 Å². The summed E-state index contributed by atoms with van der Waals surface area (Å²) in [6, 6.07) is 7.67. The van der Waals surface area contributed by atoms with Crippen molar-refractivity contribution in [3.05, 3.63) is 40.4 Å². The van der Waals surface area contributed by atoms with Crippen LogP contribution in [0.3, 0.4) is 0 Å². The molecule has 0 aliphatic carbocycles.